The molecule has 2 aromatic carbocycles. The molecule has 18 heavy (non-hydrogen) atoms. The molecule has 2 nitrogen and oxygen atoms in total. The summed E-state index contributed by atoms with van der Waals surface area (Å²) in [5.74, 6) is 0. The van der Waals surface area contributed by atoms with Crippen LogP contribution in [-0.2, 0) is 9.16 Å². The Hall–Kier alpha value is -1.16. The molecule has 0 aromatic heterocycles. The maximum atomic E-state index is 6.00. The van der Waals surface area contributed by atoms with Gasteiger partial charge in [0.2, 0.25) is 9.04 Å². The smallest absolute Gasteiger partial charge is 0.205 e. The second-order valence-electron chi connectivity index (χ2n) is 4.43. The van der Waals surface area contributed by atoms with Gasteiger partial charge in [-0.3, -0.25) is 0 Å². The van der Waals surface area contributed by atoms with Crippen LogP contribution in [-0.4, -0.2) is 29.4 Å². The van der Waals surface area contributed by atoms with Crippen LogP contribution in [0.25, 0.3) is 10.8 Å². The number of methoxy groups -OCH3 is 1. The summed E-state index contributed by atoms with van der Waals surface area (Å²) < 4.78 is 11.0. The van der Waals surface area contributed by atoms with Gasteiger partial charge in [-0.25, -0.2) is 0 Å². The maximum absolute atomic E-state index is 6.00. The van der Waals surface area contributed by atoms with Crippen LogP contribution in [0.15, 0.2) is 42.5 Å². The van der Waals surface area contributed by atoms with Crippen molar-refractivity contribution in [2.45, 2.75) is 13.0 Å². The number of rotatable bonds is 6. The Kier molecular flexibility index (Phi) is 4.93. The average molecular weight is 260 g/mol. The van der Waals surface area contributed by atoms with Gasteiger partial charge in [-0.1, -0.05) is 42.5 Å². The minimum absolute atomic E-state index is 0.774. The van der Waals surface area contributed by atoms with E-state index in [1.165, 1.54) is 16.0 Å². The third-order valence-corrected chi connectivity index (χ3v) is 5.24. The van der Waals surface area contributed by atoms with Crippen LogP contribution in [0.5, 0.6) is 0 Å². The normalized spacial score (nSPS) is 12.8. The molecule has 96 valence electrons. The molecule has 2 aromatic rings. The molecule has 0 aliphatic rings. The summed E-state index contributed by atoms with van der Waals surface area (Å²) in [6, 6.07) is 15.0. The van der Waals surface area contributed by atoms with Gasteiger partial charge >= 0.3 is 0 Å². The Morgan fingerprint density at radius 3 is 2.61 bits per heavy atom. The topological polar surface area (TPSA) is 18.5 Å². The van der Waals surface area contributed by atoms with Gasteiger partial charge in [-0.15, -0.1) is 0 Å². The molecule has 0 bridgehead atoms. The zero-order valence-electron chi connectivity index (χ0n) is 11.1. The zero-order chi connectivity index (χ0) is 12.8. The van der Waals surface area contributed by atoms with E-state index in [0.717, 1.165) is 19.6 Å². The lowest BCUT2D eigenvalue weighted by Crippen LogP contribution is -2.31. The molecule has 0 heterocycles. The van der Waals surface area contributed by atoms with Crippen LogP contribution >= 0.6 is 0 Å². The predicted molar refractivity (Wildman–Crippen MR) is 79.0 cm³/mol. The summed E-state index contributed by atoms with van der Waals surface area (Å²) in [5.41, 5.74) is 0. The second kappa shape index (κ2) is 6.68. The zero-order valence-corrected chi connectivity index (χ0v) is 12.2. The van der Waals surface area contributed by atoms with Gasteiger partial charge in [0.25, 0.3) is 0 Å². The fraction of sp³-hybridized carbons (Fsp3) is 0.333. The van der Waals surface area contributed by atoms with Crippen molar-refractivity contribution in [3.8, 4) is 0 Å². The fourth-order valence-corrected chi connectivity index (χ4v) is 3.94. The number of benzene rings is 2. The monoisotopic (exact) mass is 260 g/mol. The van der Waals surface area contributed by atoms with Crippen LogP contribution in [0.2, 0.25) is 6.55 Å². The average Bonchev–Trinajstić information content (AvgIpc) is 2.43. The summed E-state index contributed by atoms with van der Waals surface area (Å²) in [5, 5.41) is 4.03. The molecular weight excluding hydrogens is 240 g/mol. The molecule has 0 amide bonds. The lowest BCUT2D eigenvalue weighted by molar-refractivity contribution is 0.173. The summed E-state index contributed by atoms with van der Waals surface area (Å²) in [6.07, 6.45) is 0.971. The summed E-state index contributed by atoms with van der Waals surface area (Å²) in [6.45, 7) is 3.82. The minimum atomic E-state index is -1.31. The van der Waals surface area contributed by atoms with Gasteiger partial charge < -0.3 is 9.16 Å². The van der Waals surface area contributed by atoms with Crippen LogP contribution in [0.3, 0.4) is 0 Å². The molecule has 1 unspecified atom stereocenters. The van der Waals surface area contributed by atoms with E-state index in [1.54, 1.807) is 7.11 Å². The Morgan fingerprint density at radius 1 is 1.00 bits per heavy atom. The minimum Gasteiger partial charge on any atom is -0.416 e. The molecule has 3 heteroatoms. The van der Waals surface area contributed by atoms with E-state index < -0.39 is 9.04 Å². The van der Waals surface area contributed by atoms with Gasteiger partial charge in [0.15, 0.2) is 0 Å². The van der Waals surface area contributed by atoms with E-state index in [4.69, 9.17) is 9.16 Å². The van der Waals surface area contributed by atoms with Gasteiger partial charge in [-0.2, -0.15) is 0 Å². The highest BCUT2D eigenvalue weighted by molar-refractivity contribution is 6.68. The molecule has 0 fully saturated rings. The van der Waals surface area contributed by atoms with Gasteiger partial charge in [0.05, 0.1) is 0 Å². The third kappa shape index (κ3) is 3.19. The number of hydrogen-bond donors (Lipinski definition) is 0. The molecule has 0 radical (unpaired) electrons. The van der Waals surface area contributed by atoms with Crippen molar-refractivity contribution in [3.05, 3.63) is 42.5 Å². The third-order valence-electron chi connectivity index (χ3n) is 3.12. The maximum Gasteiger partial charge on any atom is 0.205 e. The highest BCUT2D eigenvalue weighted by atomic mass is 28.3. The van der Waals surface area contributed by atoms with Gasteiger partial charge in [-0.05, 0) is 28.9 Å². The second-order valence-corrected chi connectivity index (χ2v) is 6.67. The first-order valence-electron chi connectivity index (χ1n) is 6.41. The van der Waals surface area contributed by atoms with E-state index in [2.05, 4.69) is 49.0 Å². The molecule has 1 atom stereocenters. The van der Waals surface area contributed by atoms with Crippen molar-refractivity contribution in [1.82, 2.24) is 0 Å². The molecular formula is C15H20O2Si. The van der Waals surface area contributed by atoms with Gasteiger partial charge in [0, 0.05) is 20.3 Å². The van der Waals surface area contributed by atoms with Crippen LogP contribution in [0.1, 0.15) is 6.42 Å². The SMILES string of the molecule is COCCCO[SiH](C)c1cccc2ccccc12. The summed E-state index contributed by atoms with van der Waals surface area (Å²) in [4.78, 5) is 0. The Labute approximate surface area is 110 Å². The van der Waals surface area contributed by atoms with Crippen molar-refractivity contribution in [2.24, 2.45) is 0 Å². The van der Waals surface area contributed by atoms with Crippen LogP contribution in [0, 0.1) is 0 Å². The molecule has 0 aliphatic heterocycles. The summed E-state index contributed by atoms with van der Waals surface area (Å²) >= 11 is 0. The number of ether oxygens (including phenoxy) is 1. The molecule has 0 N–H and O–H groups in total. The highest BCUT2D eigenvalue weighted by Gasteiger charge is 2.11. The van der Waals surface area contributed by atoms with Crippen molar-refractivity contribution in [1.29, 1.82) is 0 Å². The fourth-order valence-electron chi connectivity index (χ4n) is 2.16. The van der Waals surface area contributed by atoms with Crippen LogP contribution < -0.4 is 5.19 Å². The van der Waals surface area contributed by atoms with E-state index in [0.29, 0.717) is 0 Å². The lowest BCUT2D eigenvalue weighted by atomic mass is 10.1. The lowest BCUT2D eigenvalue weighted by Gasteiger charge is -2.14. The van der Waals surface area contributed by atoms with E-state index >= 15 is 0 Å². The summed E-state index contributed by atoms with van der Waals surface area (Å²) in [7, 11) is 0.419. The van der Waals surface area contributed by atoms with Crippen molar-refractivity contribution in [2.75, 3.05) is 20.3 Å². The van der Waals surface area contributed by atoms with Gasteiger partial charge in [0.1, 0.15) is 0 Å². The molecule has 0 spiro atoms. The molecule has 2 rings (SSSR count). The number of fused-ring (bicyclic) bond motifs is 1. The largest absolute Gasteiger partial charge is 0.416 e. The quantitative estimate of drug-likeness (QED) is 0.587. The molecule has 0 saturated heterocycles. The first-order valence-corrected chi connectivity index (χ1v) is 8.61. The standard InChI is InChI=1S/C15H20O2Si/c1-16-11-6-12-17-18(2)15-10-5-8-13-7-3-4-9-14(13)15/h3-5,7-10,18H,6,11-12H2,1-2H3. The number of hydrogen-bond acceptors (Lipinski definition) is 2. The van der Waals surface area contributed by atoms with Crippen molar-refractivity contribution >= 4 is 25.0 Å². The van der Waals surface area contributed by atoms with Crippen molar-refractivity contribution in [3.63, 3.8) is 0 Å². The highest BCUT2D eigenvalue weighted by Crippen LogP contribution is 2.11. The Balaban J connectivity index is 2.10. The van der Waals surface area contributed by atoms with Crippen LogP contribution in [0.4, 0.5) is 0 Å². The predicted octanol–water partition coefficient (Wildman–Crippen LogP) is 2.45. The Morgan fingerprint density at radius 2 is 1.78 bits per heavy atom. The Bertz CT molecular complexity index is 493. The van der Waals surface area contributed by atoms with E-state index in [9.17, 15) is 0 Å². The van der Waals surface area contributed by atoms with E-state index in [1.807, 2.05) is 0 Å². The van der Waals surface area contributed by atoms with Crippen molar-refractivity contribution < 1.29 is 9.16 Å². The van der Waals surface area contributed by atoms with E-state index in [-0.39, 0.29) is 0 Å². The molecule has 0 aliphatic carbocycles. The first kappa shape index (κ1) is 13.3. The molecule has 0 saturated carbocycles. The first-order chi connectivity index (χ1) is 8.83.